The largest absolute Gasteiger partial charge is 0.352 e. The number of rotatable bonds is 11. The van der Waals surface area contributed by atoms with E-state index < -0.39 is 6.04 Å². The Morgan fingerprint density at radius 3 is 2.25 bits per heavy atom. The number of hydrogen-bond acceptors (Lipinski definition) is 3. The molecular formula is C24H29Cl2FN2O2S. The zero-order chi connectivity index (χ0) is 23.7. The highest BCUT2D eigenvalue weighted by molar-refractivity contribution is 7.99. The first-order chi connectivity index (χ1) is 15.3. The Morgan fingerprint density at radius 1 is 1.06 bits per heavy atom. The van der Waals surface area contributed by atoms with Crippen molar-refractivity contribution >= 4 is 46.8 Å². The van der Waals surface area contributed by atoms with E-state index in [1.54, 1.807) is 35.2 Å². The average Bonchev–Trinajstić information content (AvgIpc) is 2.76. The SMILES string of the molecule is CCC(C)NC(=O)C(CC)N(Cc1ccc(F)cc1)C(=O)CSCc1c(Cl)cccc1Cl. The minimum Gasteiger partial charge on any atom is -0.352 e. The van der Waals surface area contributed by atoms with Gasteiger partial charge in [-0.3, -0.25) is 9.59 Å². The van der Waals surface area contributed by atoms with Crippen LogP contribution in [-0.2, 0) is 21.9 Å². The number of amides is 2. The topological polar surface area (TPSA) is 49.4 Å². The highest BCUT2D eigenvalue weighted by Gasteiger charge is 2.29. The van der Waals surface area contributed by atoms with Crippen molar-refractivity contribution in [1.29, 1.82) is 0 Å². The third-order valence-corrected chi connectivity index (χ3v) is 6.84. The van der Waals surface area contributed by atoms with E-state index in [4.69, 9.17) is 23.2 Å². The second-order valence-electron chi connectivity index (χ2n) is 7.58. The Balaban J connectivity index is 2.16. The lowest BCUT2D eigenvalue weighted by Crippen LogP contribution is -2.51. The van der Waals surface area contributed by atoms with Crippen LogP contribution < -0.4 is 5.32 Å². The van der Waals surface area contributed by atoms with Crippen molar-refractivity contribution < 1.29 is 14.0 Å². The summed E-state index contributed by atoms with van der Waals surface area (Å²) in [4.78, 5) is 27.7. The van der Waals surface area contributed by atoms with Crippen LogP contribution in [0.1, 0.15) is 44.7 Å². The number of halogens is 3. The van der Waals surface area contributed by atoms with Crippen molar-refractivity contribution in [2.45, 2.75) is 58.0 Å². The lowest BCUT2D eigenvalue weighted by molar-refractivity contribution is -0.139. The molecule has 32 heavy (non-hydrogen) atoms. The summed E-state index contributed by atoms with van der Waals surface area (Å²) in [5.41, 5.74) is 1.54. The molecular weight excluding hydrogens is 470 g/mol. The molecule has 2 rings (SSSR count). The van der Waals surface area contributed by atoms with Gasteiger partial charge in [-0.25, -0.2) is 4.39 Å². The fourth-order valence-corrected chi connectivity index (χ4v) is 4.79. The molecule has 2 aromatic carbocycles. The Morgan fingerprint density at radius 2 is 1.69 bits per heavy atom. The summed E-state index contributed by atoms with van der Waals surface area (Å²) in [6.45, 7) is 6.02. The smallest absolute Gasteiger partial charge is 0.243 e. The molecule has 4 nitrogen and oxygen atoms in total. The normalized spacial score (nSPS) is 12.8. The second-order valence-corrected chi connectivity index (χ2v) is 9.38. The summed E-state index contributed by atoms with van der Waals surface area (Å²) in [6.07, 6.45) is 1.26. The zero-order valence-corrected chi connectivity index (χ0v) is 20.9. The fraction of sp³-hybridized carbons (Fsp3) is 0.417. The third-order valence-electron chi connectivity index (χ3n) is 5.19. The van der Waals surface area contributed by atoms with Crippen LogP contribution in [-0.4, -0.2) is 34.6 Å². The van der Waals surface area contributed by atoms with E-state index in [-0.39, 0.29) is 36.0 Å². The summed E-state index contributed by atoms with van der Waals surface area (Å²) < 4.78 is 13.3. The fourth-order valence-electron chi connectivity index (χ4n) is 3.14. The molecule has 0 saturated carbocycles. The number of nitrogens with one attached hydrogen (secondary N) is 1. The van der Waals surface area contributed by atoms with Gasteiger partial charge in [0, 0.05) is 28.4 Å². The van der Waals surface area contributed by atoms with E-state index in [9.17, 15) is 14.0 Å². The molecule has 0 saturated heterocycles. The molecule has 0 aliphatic rings. The summed E-state index contributed by atoms with van der Waals surface area (Å²) in [7, 11) is 0. The van der Waals surface area contributed by atoms with E-state index in [0.29, 0.717) is 22.2 Å². The van der Waals surface area contributed by atoms with Crippen LogP contribution in [0.5, 0.6) is 0 Å². The van der Waals surface area contributed by atoms with Gasteiger partial charge in [0.2, 0.25) is 11.8 Å². The Labute approximate surface area is 203 Å². The summed E-state index contributed by atoms with van der Waals surface area (Å²) >= 11 is 13.8. The van der Waals surface area contributed by atoms with Crippen molar-refractivity contribution in [3.05, 3.63) is 69.5 Å². The van der Waals surface area contributed by atoms with Gasteiger partial charge in [0.15, 0.2) is 0 Å². The molecule has 0 aliphatic carbocycles. The van der Waals surface area contributed by atoms with Crippen LogP contribution >= 0.6 is 35.0 Å². The molecule has 2 atom stereocenters. The van der Waals surface area contributed by atoms with E-state index in [0.717, 1.165) is 17.5 Å². The zero-order valence-electron chi connectivity index (χ0n) is 18.5. The molecule has 2 unspecified atom stereocenters. The standard InChI is InChI=1S/C24H29Cl2FN2O2S/c1-4-16(3)28-24(31)22(5-2)29(13-17-9-11-18(27)12-10-17)23(30)15-32-14-19-20(25)7-6-8-21(19)26/h6-12,16,22H,4-5,13-15H2,1-3H3,(H,28,31). The monoisotopic (exact) mass is 498 g/mol. The van der Waals surface area contributed by atoms with Crippen molar-refractivity contribution in [2.24, 2.45) is 0 Å². The maximum Gasteiger partial charge on any atom is 0.243 e. The molecule has 2 amide bonds. The third kappa shape index (κ3) is 7.68. The first-order valence-corrected chi connectivity index (χ1v) is 12.5. The van der Waals surface area contributed by atoms with Crippen LogP contribution in [0.2, 0.25) is 10.0 Å². The molecule has 0 spiro atoms. The first kappa shape index (κ1) is 26.5. The summed E-state index contributed by atoms with van der Waals surface area (Å²) in [5, 5.41) is 4.08. The van der Waals surface area contributed by atoms with Crippen molar-refractivity contribution in [3.8, 4) is 0 Å². The maximum atomic E-state index is 13.3. The van der Waals surface area contributed by atoms with Crippen molar-refractivity contribution in [2.75, 3.05) is 5.75 Å². The summed E-state index contributed by atoms with van der Waals surface area (Å²) in [6, 6.07) is 10.7. The minimum absolute atomic E-state index is 0.0102. The predicted molar refractivity (Wildman–Crippen MR) is 132 cm³/mol. The number of benzene rings is 2. The molecule has 0 heterocycles. The summed E-state index contributed by atoms with van der Waals surface area (Å²) in [5.74, 6) is -0.0640. The molecule has 0 aromatic heterocycles. The molecule has 1 N–H and O–H groups in total. The van der Waals surface area contributed by atoms with Gasteiger partial charge in [-0.15, -0.1) is 11.8 Å². The minimum atomic E-state index is -0.619. The van der Waals surface area contributed by atoms with Crippen molar-refractivity contribution in [3.63, 3.8) is 0 Å². The highest BCUT2D eigenvalue weighted by Crippen LogP contribution is 2.28. The molecule has 0 fully saturated rings. The number of carbonyl (C=O) groups excluding carboxylic acids is 2. The molecule has 2 aromatic rings. The quantitative estimate of drug-likeness (QED) is 0.407. The van der Waals surface area contributed by atoms with Crippen LogP contribution in [0.25, 0.3) is 0 Å². The second kappa shape index (κ2) is 13.1. The van der Waals surface area contributed by atoms with Crippen LogP contribution in [0.15, 0.2) is 42.5 Å². The Hall–Kier alpha value is -1.76. The van der Waals surface area contributed by atoms with Gasteiger partial charge < -0.3 is 10.2 Å². The van der Waals surface area contributed by atoms with Gasteiger partial charge in [0.05, 0.1) is 5.75 Å². The lowest BCUT2D eigenvalue weighted by atomic mass is 10.1. The Bertz CT molecular complexity index is 891. The van der Waals surface area contributed by atoms with E-state index in [1.807, 2.05) is 20.8 Å². The van der Waals surface area contributed by atoms with Crippen LogP contribution in [0.4, 0.5) is 4.39 Å². The van der Waals surface area contributed by atoms with Crippen LogP contribution in [0.3, 0.4) is 0 Å². The molecule has 8 heteroatoms. The number of carbonyl (C=O) groups is 2. The average molecular weight is 499 g/mol. The number of thioether (sulfide) groups is 1. The molecule has 0 radical (unpaired) electrons. The van der Waals surface area contributed by atoms with Crippen molar-refractivity contribution in [1.82, 2.24) is 10.2 Å². The maximum absolute atomic E-state index is 13.3. The molecule has 174 valence electrons. The van der Waals surface area contributed by atoms with Gasteiger partial charge in [-0.1, -0.05) is 55.2 Å². The Kier molecular flexibility index (Phi) is 10.8. The predicted octanol–water partition coefficient (Wildman–Crippen LogP) is 6.09. The van der Waals surface area contributed by atoms with Gasteiger partial charge in [-0.05, 0) is 55.2 Å². The van der Waals surface area contributed by atoms with Crippen LogP contribution in [0, 0.1) is 5.82 Å². The van der Waals surface area contributed by atoms with Gasteiger partial charge in [0.25, 0.3) is 0 Å². The van der Waals surface area contributed by atoms with E-state index in [2.05, 4.69) is 5.32 Å². The number of nitrogens with zero attached hydrogens (tertiary/aromatic N) is 1. The number of hydrogen-bond donors (Lipinski definition) is 1. The lowest BCUT2D eigenvalue weighted by Gasteiger charge is -2.31. The molecule has 0 bridgehead atoms. The van der Waals surface area contributed by atoms with Gasteiger partial charge in [-0.2, -0.15) is 0 Å². The van der Waals surface area contributed by atoms with E-state index in [1.165, 1.54) is 23.9 Å². The van der Waals surface area contributed by atoms with E-state index >= 15 is 0 Å². The molecule has 0 aliphatic heterocycles. The first-order valence-electron chi connectivity index (χ1n) is 10.6. The van der Waals surface area contributed by atoms with Gasteiger partial charge >= 0.3 is 0 Å². The highest BCUT2D eigenvalue weighted by atomic mass is 35.5. The van der Waals surface area contributed by atoms with Gasteiger partial charge in [0.1, 0.15) is 11.9 Å².